The predicted molar refractivity (Wildman–Crippen MR) is 153 cm³/mol. The maximum absolute atomic E-state index is 11.2. The quantitative estimate of drug-likeness (QED) is 0.0901. The molecule has 0 aromatic carbocycles. The highest BCUT2D eigenvalue weighted by molar-refractivity contribution is 5.87. The van der Waals surface area contributed by atoms with Gasteiger partial charge in [0, 0.05) is 11.1 Å². The van der Waals surface area contributed by atoms with E-state index in [4.69, 9.17) is 9.47 Å². The van der Waals surface area contributed by atoms with Gasteiger partial charge in [-0.3, -0.25) is 0 Å². The molecular weight excluding hydrogens is 436 g/mol. The minimum atomic E-state index is -0.297. The smallest absolute Gasteiger partial charge is 0.333 e. The first-order valence-electron chi connectivity index (χ1n) is 13.9. The third-order valence-corrected chi connectivity index (χ3v) is 5.48. The third-order valence-electron chi connectivity index (χ3n) is 5.48. The van der Waals surface area contributed by atoms with E-state index in [2.05, 4.69) is 20.1 Å². The van der Waals surface area contributed by atoms with Crippen molar-refractivity contribution >= 4 is 11.9 Å². The van der Waals surface area contributed by atoms with Crippen LogP contribution < -0.4 is 0 Å². The molecule has 0 aliphatic rings. The van der Waals surface area contributed by atoms with Gasteiger partial charge in [0.25, 0.3) is 0 Å². The number of ether oxygens (including phenoxy) is 2. The van der Waals surface area contributed by atoms with Crippen LogP contribution in [-0.2, 0) is 19.1 Å². The summed E-state index contributed by atoms with van der Waals surface area (Å²) in [5, 5.41) is 0. The van der Waals surface area contributed by atoms with E-state index in [1.807, 2.05) is 13.8 Å². The molecule has 0 saturated carbocycles. The van der Waals surface area contributed by atoms with E-state index in [0.29, 0.717) is 30.3 Å². The summed E-state index contributed by atoms with van der Waals surface area (Å²) in [7, 11) is 0. The van der Waals surface area contributed by atoms with Crippen molar-refractivity contribution in [2.45, 2.75) is 145 Å². The fraction of sp³-hybridized carbons (Fsp3) is 0.806. The van der Waals surface area contributed by atoms with E-state index in [-0.39, 0.29) is 19.4 Å². The number of hydrogen-bond acceptors (Lipinski definition) is 4. The van der Waals surface area contributed by atoms with E-state index in [1.54, 1.807) is 13.8 Å². The van der Waals surface area contributed by atoms with Crippen molar-refractivity contribution in [3.05, 3.63) is 24.3 Å². The van der Waals surface area contributed by atoms with Gasteiger partial charge in [-0.15, -0.1) is 0 Å². The van der Waals surface area contributed by atoms with Crippen molar-refractivity contribution in [1.82, 2.24) is 0 Å². The largest absolute Gasteiger partial charge is 0.462 e. The molecule has 0 amide bonds. The molecular formula is C31H60O4. The number of rotatable bonds is 21. The number of unbranched alkanes of at least 4 members (excludes halogenated alkanes) is 15. The van der Waals surface area contributed by atoms with Gasteiger partial charge in [-0.1, -0.05) is 138 Å². The molecule has 208 valence electrons. The normalized spacial score (nSPS) is 10.1. The highest BCUT2D eigenvalue weighted by Gasteiger charge is 2.03. The Hall–Kier alpha value is -1.58. The van der Waals surface area contributed by atoms with E-state index >= 15 is 0 Å². The van der Waals surface area contributed by atoms with E-state index in [1.165, 1.54) is 96.3 Å². The molecule has 0 N–H and O–H groups in total. The Kier molecular flexibility index (Phi) is 31.1. The van der Waals surface area contributed by atoms with Crippen LogP contribution in [0.1, 0.15) is 145 Å². The number of carbonyl (C=O) groups is 2. The van der Waals surface area contributed by atoms with Crippen LogP contribution in [0.4, 0.5) is 0 Å². The summed E-state index contributed by atoms with van der Waals surface area (Å²) in [6.45, 7) is 17.7. The first kappa shape index (κ1) is 38.0. The van der Waals surface area contributed by atoms with Crippen LogP contribution >= 0.6 is 0 Å². The van der Waals surface area contributed by atoms with Crippen molar-refractivity contribution in [3.8, 4) is 0 Å². The summed E-state index contributed by atoms with van der Waals surface area (Å²) >= 11 is 0. The molecule has 4 nitrogen and oxygen atoms in total. The lowest BCUT2D eigenvalue weighted by atomic mass is 10.0. The number of carbonyl (C=O) groups excluding carboxylic acids is 2. The van der Waals surface area contributed by atoms with Crippen LogP contribution in [0, 0.1) is 5.92 Å². The van der Waals surface area contributed by atoms with Crippen molar-refractivity contribution in [1.29, 1.82) is 0 Å². The molecule has 0 bridgehead atoms. The first-order chi connectivity index (χ1) is 16.2. The average molecular weight is 497 g/mol. The minimum absolute atomic E-state index is 0. The molecule has 0 aliphatic carbocycles. The van der Waals surface area contributed by atoms with E-state index in [9.17, 15) is 9.59 Å². The second kappa shape index (κ2) is 28.7. The number of hydrogen-bond donors (Lipinski definition) is 0. The Labute approximate surface area is 219 Å². The molecule has 0 aliphatic heterocycles. The van der Waals surface area contributed by atoms with Gasteiger partial charge in [0.15, 0.2) is 0 Å². The molecule has 0 aromatic rings. The van der Waals surface area contributed by atoms with Gasteiger partial charge >= 0.3 is 11.9 Å². The lowest BCUT2D eigenvalue weighted by molar-refractivity contribution is -0.140. The number of esters is 2. The average Bonchev–Trinajstić information content (AvgIpc) is 2.79. The van der Waals surface area contributed by atoms with Crippen molar-refractivity contribution in [2.24, 2.45) is 5.92 Å². The minimum Gasteiger partial charge on any atom is -0.462 e. The zero-order chi connectivity index (χ0) is 26.0. The monoisotopic (exact) mass is 496 g/mol. The zero-order valence-electron chi connectivity index (χ0n) is 23.4. The van der Waals surface area contributed by atoms with Crippen LogP contribution in [0.15, 0.2) is 24.3 Å². The Morgan fingerprint density at radius 1 is 0.600 bits per heavy atom. The van der Waals surface area contributed by atoms with Crippen molar-refractivity contribution in [2.75, 3.05) is 13.2 Å². The molecule has 0 heterocycles. The Morgan fingerprint density at radius 3 is 1.23 bits per heavy atom. The molecule has 0 fully saturated rings. The van der Waals surface area contributed by atoms with Crippen LogP contribution in [0.2, 0.25) is 0 Å². The fourth-order valence-electron chi connectivity index (χ4n) is 3.30. The van der Waals surface area contributed by atoms with Gasteiger partial charge in [-0.25, -0.2) is 9.59 Å². The molecule has 0 rings (SSSR count). The van der Waals surface area contributed by atoms with Crippen LogP contribution in [-0.4, -0.2) is 25.2 Å². The Morgan fingerprint density at radius 2 is 0.914 bits per heavy atom. The molecule has 0 unspecified atom stereocenters. The molecule has 4 heteroatoms. The van der Waals surface area contributed by atoms with Gasteiger partial charge in [-0.05, 0) is 26.2 Å². The third kappa shape index (κ3) is 32.4. The second-order valence-corrected chi connectivity index (χ2v) is 9.99. The molecule has 35 heavy (non-hydrogen) atoms. The first-order valence-corrected chi connectivity index (χ1v) is 13.9. The topological polar surface area (TPSA) is 52.6 Å². The fourth-order valence-corrected chi connectivity index (χ4v) is 3.30. The summed E-state index contributed by atoms with van der Waals surface area (Å²) in [5.74, 6) is -0.159. The molecule has 0 atom stereocenters. The Bertz CT molecular complexity index is 522. The van der Waals surface area contributed by atoms with E-state index < -0.39 is 0 Å². The van der Waals surface area contributed by atoms with Gasteiger partial charge < -0.3 is 9.47 Å². The maximum Gasteiger partial charge on any atom is 0.333 e. The van der Waals surface area contributed by atoms with Crippen LogP contribution in [0.3, 0.4) is 0 Å². The summed E-state index contributed by atoms with van der Waals surface area (Å²) in [6, 6.07) is 0. The van der Waals surface area contributed by atoms with Gasteiger partial charge in [0.05, 0.1) is 13.2 Å². The van der Waals surface area contributed by atoms with Crippen molar-refractivity contribution in [3.63, 3.8) is 0 Å². The van der Waals surface area contributed by atoms with Gasteiger partial charge in [-0.2, -0.15) is 0 Å². The molecule has 0 aromatic heterocycles. The van der Waals surface area contributed by atoms with Gasteiger partial charge in [0.2, 0.25) is 0 Å². The molecule has 0 radical (unpaired) electrons. The van der Waals surface area contributed by atoms with Gasteiger partial charge in [0.1, 0.15) is 0 Å². The molecule has 0 spiro atoms. The summed E-state index contributed by atoms with van der Waals surface area (Å²) in [6.07, 6.45) is 21.7. The standard InChI is InChI=1S/C22H42O2.C8H14O2.CH4/c1-4-5-6-7-8-9-10-11-12-13-14-15-16-17-18-19-20-24-22(23)21(2)3;1-6(2)5-10-8(9)7(3)4;/h2,4-20H2,1,3H3;6H,3,5H2,1-2,4H3;1H4. The zero-order valence-corrected chi connectivity index (χ0v) is 23.4. The summed E-state index contributed by atoms with van der Waals surface area (Å²) in [5.41, 5.74) is 0.951. The highest BCUT2D eigenvalue weighted by atomic mass is 16.5. The summed E-state index contributed by atoms with van der Waals surface area (Å²) < 4.78 is 9.91. The lowest BCUT2D eigenvalue weighted by Crippen LogP contribution is -2.09. The SMILES string of the molecule is C.C=C(C)C(=O)OCC(C)C.C=C(C)C(=O)OCCCCCCCCCCCCCCCCCC. The predicted octanol–water partition coefficient (Wildman–Crippen LogP) is 9.76. The van der Waals surface area contributed by atoms with E-state index in [0.717, 1.165) is 6.42 Å². The molecule has 0 saturated heterocycles. The lowest BCUT2D eigenvalue weighted by Gasteiger charge is -2.05. The maximum atomic E-state index is 11.2. The van der Waals surface area contributed by atoms with Crippen molar-refractivity contribution < 1.29 is 19.1 Å². The highest BCUT2D eigenvalue weighted by Crippen LogP contribution is 2.13. The van der Waals surface area contributed by atoms with Crippen LogP contribution in [0.25, 0.3) is 0 Å². The second-order valence-electron chi connectivity index (χ2n) is 9.99. The van der Waals surface area contributed by atoms with Crippen LogP contribution in [0.5, 0.6) is 0 Å². The summed E-state index contributed by atoms with van der Waals surface area (Å²) in [4.78, 5) is 21.9. The Balaban J connectivity index is -0.000000784.